The fraction of sp³-hybridized carbons (Fsp3) is 0.278. The lowest BCUT2D eigenvalue weighted by molar-refractivity contribution is 0.0787. The van der Waals surface area contributed by atoms with Gasteiger partial charge in [-0.25, -0.2) is 0 Å². The third-order valence-electron chi connectivity index (χ3n) is 4.18. The van der Waals surface area contributed by atoms with E-state index in [4.69, 9.17) is 0 Å². The van der Waals surface area contributed by atoms with Gasteiger partial charge in [0, 0.05) is 23.9 Å². The monoisotopic (exact) mass is 313 g/mol. The van der Waals surface area contributed by atoms with Gasteiger partial charge in [-0.1, -0.05) is 30.3 Å². The molecule has 0 aromatic heterocycles. The van der Waals surface area contributed by atoms with Crippen LogP contribution in [0.4, 0.5) is 0 Å². The number of thioether (sulfide) groups is 1. The van der Waals surface area contributed by atoms with Crippen LogP contribution in [0.2, 0.25) is 0 Å². The molecule has 1 atom stereocenters. The molecule has 3 rings (SSSR count). The largest absolute Gasteiger partial charge is 0.507 e. The first kappa shape index (κ1) is 15.0. The van der Waals surface area contributed by atoms with Gasteiger partial charge >= 0.3 is 0 Å². The van der Waals surface area contributed by atoms with E-state index in [9.17, 15) is 9.90 Å². The molecule has 0 spiro atoms. The Morgan fingerprint density at radius 2 is 2.00 bits per heavy atom. The molecule has 0 aliphatic carbocycles. The topological polar surface area (TPSA) is 40.5 Å². The number of hydrogen-bond donors (Lipinski definition) is 1. The number of hydrogen-bond acceptors (Lipinski definition) is 3. The summed E-state index contributed by atoms with van der Waals surface area (Å²) in [7, 11) is 0. The van der Waals surface area contributed by atoms with Crippen molar-refractivity contribution in [1.82, 2.24) is 4.90 Å². The summed E-state index contributed by atoms with van der Waals surface area (Å²) in [4.78, 5) is 15.5. The van der Waals surface area contributed by atoms with Crippen LogP contribution in [0.3, 0.4) is 0 Å². The number of carbonyl (C=O) groups is 1. The third-order valence-corrected chi connectivity index (χ3v) is 4.91. The molecule has 0 radical (unpaired) electrons. The van der Waals surface area contributed by atoms with Gasteiger partial charge in [0.1, 0.15) is 5.75 Å². The first-order chi connectivity index (χ1) is 10.7. The Morgan fingerprint density at radius 1 is 1.23 bits per heavy atom. The second kappa shape index (κ2) is 6.44. The molecule has 0 bridgehead atoms. The van der Waals surface area contributed by atoms with E-state index in [1.54, 1.807) is 23.9 Å². The van der Waals surface area contributed by atoms with Crippen LogP contribution in [0.5, 0.6) is 5.75 Å². The zero-order valence-corrected chi connectivity index (χ0v) is 13.3. The highest BCUT2D eigenvalue weighted by Gasteiger charge is 2.29. The van der Waals surface area contributed by atoms with E-state index in [0.717, 1.165) is 17.9 Å². The van der Waals surface area contributed by atoms with Gasteiger partial charge in [0.25, 0.3) is 5.91 Å². The molecule has 2 aromatic rings. The van der Waals surface area contributed by atoms with E-state index in [1.807, 2.05) is 35.4 Å². The highest BCUT2D eigenvalue weighted by molar-refractivity contribution is 7.98. The molecule has 114 valence electrons. The smallest absolute Gasteiger partial charge is 0.257 e. The van der Waals surface area contributed by atoms with Gasteiger partial charge in [-0.15, -0.1) is 11.8 Å². The van der Waals surface area contributed by atoms with Gasteiger partial charge in [0.2, 0.25) is 0 Å². The van der Waals surface area contributed by atoms with Gasteiger partial charge in [-0.3, -0.25) is 4.79 Å². The van der Waals surface area contributed by atoms with E-state index in [-0.39, 0.29) is 11.7 Å². The molecular formula is C18H19NO2S. The lowest BCUT2D eigenvalue weighted by Crippen LogP contribution is -2.28. The van der Waals surface area contributed by atoms with E-state index >= 15 is 0 Å². The normalized spacial score (nSPS) is 17.7. The second-order valence-corrected chi connectivity index (χ2v) is 6.41. The Hall–Kier alpha value is -1.94. The number of carbonyl (C=O) groups excluding carboxylic acids is 1. The molecule has 22 heavy (non-hydrogen) atoms. The van der Waals surface area contributed by atoms with Gasteiger partial charge in [0.05, 0.1) is 5.56 Å². The predicted octanol–water partition coefficient (Wildman–Crippen LogP) is 3.74. The summed E-state index contributed by atoms with van der Waals surface area (Å²) in [5, 5.41) is 9.99. The Balaban J connectivity index is 1.77. The Morgan fingerprint density at radius 3 is 2.73 bits per heavy atom. The zero-order valence-electron chi connectivity index (χ0n) is 12.5. The number of rotatable bonds is 3. The minimum Gasteiger partial charge on any atom is -0.507 e. The van der Waals surface area contributed by atoms with E-state index in [1.165, 1.54) is 5.56 Å². The number of likely N-dealkylation sites (tertiary alicyclic amines) is 1. The summed E-state index contributed by atoms with van der Waals surface area (Å²) in [5.74, 6) is 0.369. The number of phenolic OH excluding ortho intramolecular Hbond substituents is 1. The van der Waals surface area contributed by atoms with Crippen molar-refractivity contribution in [2.45, 2.75) is 17.2 Å². The summed E-state index contributed by atoms with van der Waals surface area (Å²) in [6, 6.07) is 15.5. The second-order valence-electron chi connectivity index (χ2n) is 5.53. The molecule has 0 saturated carbocycles. The molecule has 1 saturated heterocycles. The minimum absolute atomic E-state index is 0.0611. The van der Waals surface area contributed by atoms with Crippen molar-refractivity contribution < 1.29 is 9.90 Å². The Kier molecular flexibility index (Phi) is 4.39. The fourth-order valence-corrected chi connectivity index (χ4v) is 3.37. The molecular weight excluding hydrogens is 294 g/mol. The number of benzene rings is 2. The maximum absolute atomic E-state index is 12.7. The van der Waals surface area contributed by atoms with Gasteiger partial charge in [0.15, 0.2) is 0 Å². The maximum Gasteiger partial charge on any atom is 0.257 e. The van der Waals surface area contributed by atoms with Gasteiger partial charge in [-0.05, 0) is 36.4 Å². The van der Waals surface area contributed by atoms with Crippen LogP contribution in [0.1, 0.15) is 28.3 Å². The predicted molar refractivity (Wildman–Crippen MR) is 89.6 cm³/mol. The van der Waals surface area contributed by atoms with Gasteiger partial charge < -0.3 is 10.0 Å². The summed E-state index contributed by atoms with van der Waals surface area (Å²) in [5.41, 5.74) is 1.68. The fourth-order valence-electron chi connectivity index (χ4n) is 2.93. The number of amides is 1. The molecule has 1 unspecified atom stereocenters. The highest BCUT2D eigenvalue weighted by Crippen LogP contribution is 2.30. The molecule has 4 heteroatoms. The van der Waals surface area contributed by atoms with Crippen molar-refractivity contribution in [2.24, 2.45) is 0 Å². The van der Waals surface area contributed by atoms with Crippen LogP contribution in [-0.4, -0.2) is 35.3 Å². The van der Waals surface area contributed by atoms with Crippen LogP contribution in [0.25, 0.3) is 0 Å². The molecule has 1 amide bonds. The summed E-state index contributed by atoms with van der Waals surface area (Å²) in [6.07, 6.45) is 2.93. The first-order valence-electron chi connectivity index (χ1n) is 7.40. The van der Waals surface area contributed by atoms with Crippen molar-refractivity contribution in [3.05, 3.63) is 59.7 Å². The van der Waals surface area contributed by atoms with Gasteiger partial charge in [-0.2, -0.15) is 0 Å². The minimum atomic E-state index is -0.0770. The highest BCUT2D eigenvalue weighted by atomic mass is 32.2. The molecule has 2 aromatic carbocycles. The Labute approximate surface area is 135 Å². The molecule has 1 N–H and O–H groups in total. The van der Waals surface area contributed by atoms with Crippen molar-refractivity contribution in [3.8, 4) is 5.75 Å². The summed E-state index contributed by atoms with van der Waals surface area (Å²) >= 11 is 1.57. The van der Waals surface area contributed by atoms with Crippen molar-refractivity contribution >= 4 is 17.7 Å². The number of phenols is 1. The molecule has 1 fully saturated rings. The van der Waals surface area contributed by atoms with Crippen LogP contribution < -0.4 is 0 Å². The molecule has 1 aliphatic rings. The number of aromatic hydroxyl groups is 1. The molecule has 1 aliphatic heterocycles. The summed E-state index contributed by atoms with van der Waals surface area (Å²) < 4.78 is 0. The molecule has 3 nitrogen and oxygen atoms in total. The average Bonchev–Trinajstić information content (AvgIpc) is 3.05. The first-order valence-corrected chi connectivity index (χ1v) is 8.62. The van der Waals surface area contributed by atoms with E-state index in [0.29, 0.717) is 18.0 Å². The lowest BCUT2D eigenvalue weighted by atomic mass is 9.99. The lowest BCUT2D eigenvalue weighted by Gasteiger charge is -2.18. The van der Waals surface area contributed by atoms with E-state index < -0.39 is 0 Å². The maximum atomic E-state index is 12.7. The third kappa shape index (κ3) is 2.97. The number of nitrogens with zero attached hydrogens (tertiary/aromatic N) is 1. The Bertz CT molecular complexity index is 672. The van der Waals surface area contributed by atoms with Crippen LogP contribution in [0.15, 0.2) is 53.4 Å². The quantitative estimate of drug-likeness (QED) is 0.878. The van der Waals surface area contributed by atoms with Crippen molar-refractivity contribution in [1.29, 1.82) is 0 Å². The SMILES string of the molecule is CSc1ccc(O)c(C(=O)N2CCC(c3ccccc3)C2)c1. The van der Waals surface area contributed by atoms with Crippen molar-refractivity contribution in [2.75, 3.05) is 19.3 Å². The van der Waals surface area contributed by atoms with Crippen LogP contribution in [0, 0.1) is 0 Å². The standard InChI is InChI=1S/C18H19NO2S/c1-22-15-7-8-17(20)16(11-15)18(21)19-10-9-14(12-19)13-5-3-2-4-6-13/h2-8,11,14,20H,9-10,12H2,1H3. The van der Waals surface area contributed by atoms with E-state index in [2.05, 4.69) is 12.1 Å². The van der Waals surface area contributed by atoms with Crippen LogP contribution >= 0.6 is 11.8 Å². The van der Waals surface area contributed by atoms with Crippen LogP contribution in [-0.2, 0) is 0 Å². The zero-order chi connectivity index (χ0) is 15.5. The summed E-state index contributed by atoms with van der Waals surface area (Å²) in [6.45, 7) is 1.45. The average molecular weight is 313 g/mol. The molecule has 1 heterocycles. The van der Waals surface area contributed by atoms with Crippen molar-refractivity contribution in [3.63, 3.8) is 0 Å².